The van der Waals surface area contributed by atoms with Crippen LogP contribution in [0.4, 0.5) is 4.39 Å². The molecule has 0 unspecified atom stereocenters. The first-order chi connectivity index (χ1) is 16.8. The molecule has 1 aromatic carbocycles. The number of hydrogen-bond acceptors (Lipinski definition) is 8. The lowest BCUT2D eigenvalue weighted by Gasteiger charge is -2.31. The summed E-state index contributed by atoms with van der Waals surface area (Å²) in [6, 6.07) is 7.73. The van der Waals surface area contributed by atoms with Gasteiger partial charge in [-0.25, -0.2) is 9.37 Å². The van der Waals surface area contributed by atoms with Crippen molar-refractivity contribution < 1.29 is 23.5 Å². The molecule has 184 valence electrons. The van der Waals surface area contributed by atoms with Crippen molar-refractivity contribution in [3.63, 3.8) is 0 Å². The van der Waals surface area contributed by atoms with Gasteiger partial charge in [-0.05, 0) is 42.0 Å². The van der Waals surface area contributed by atoms with Crippen LogP contribution in [0, 0.1) is 12.7 Å². The van der Waals surface area contributed by atoms with E-state index in [1.54, 1.807) is 30.0 Å². The van der Waals surface area contributed by atoms with Gasteiger partial charge < -0.3 is 19.7 Å². The van der Waals surface area contributed by atoms with E-state index in [0.717, 1.165) is 0 Å². The van der Waals surface area contributed by atoms with E-state index in [9.17, 15) is 14.0 Å². The maximum atomic E-state index is 13.6. The van der Waals surface area contributed by atoms with E-state index in [0.29, 0.717) is 48.9 Å². The number of rotatable bonds is 7. The highest BCUT2D eigenvalue weighted by molar-refractivity contribution is 5.93. The number of aromatic nitrogens is 5. The van der Waals surface area contributed by atoms with Crippen molar-refractivity contribution in [2.24, 2.45) is 0 Å². The number of carbonyl (C=O) groups is 2. The Morgan fingerprint density at radius 2 is 2.11 bits per heavy atom. The molecule has 0 bridgehead atoms. The summed E-state index contributed by atoms with van der Waals surface area (Å²) in [4.78, 5) is 31.8. The number of tetrazole rings is 1. The third-order valence-electron chi connectivity index (χ3n) is 5.52. The number of hydrogen-bond donors (Lipinski definition) is 1. The van der Waals surface area contributed by atoms with Crippen LogP contribution in [0.5, 0.6) is 5.75 Å². The summed E-state index contributed by atoms with van der Waals surface area (Å²) >= 11 is 0. The van der Waals surface area contributed by atoms with Crippen molar-refractivity contribution in [2.75, 3.05) is 26.8 Å². The monoisotopic (exact) mass is 483 g/mol. The van der Waals surface area contributed by atoms with Gasteiger partial charge in [0.05, 0.1) is 26.4 Å². The van der Waals surface area contributed by atoms with Gasteiger partial charge in [0.15, 0.2) is 11.6 Å². The Hall–Kier alpha value is -3.93. The summed E-state index contributed by atoms with van der Waals surface area (Å²) in [5.41, 5.74) is 2.08. The Morgan fingerprint density at radius 1 is 1.29 bits per heavy atom. The van der Waals surface area contributed by atoms with Crippen molar-refractivity contribution in [3.8, 4) is 17.1 Å². The van der Waals surface area contributed by atoms with Crippen LogP contribution in [-0.2, 0) is 22.6 Å². The maximum Gasteiger partial charge on any atom is 0.270 e. The number of carbonyl (C=O) groups excluding carboxylic acids is 2. The molecule has 0 radical (unpaired) electrons. The average Bonchev–Trinajstić information content (AvgIpc) is 3.31. The van der Waals surface area contributed by atoms with Crippen LogP contribution in [0.3, 0.4) is 0 Å². The van der Waals surface area contributed by atoms with E-state index < -0.39 is 11.7 Å². The van der Waals surface area contributed by atoms with Gasteiger partial charge in [-0.1, -0.05) is 6.07 Å². The molecule has 1 aliphatic heterocycles. The van der Waals surface area contributed by atoms with Crippen molar-refractivity contribution in [3.05, 3.63) is 53.1 Å². The predicted molar refractivity (Wildman–Crippen MR) is 122 cm³/mol. The fourth-order valence-electron chi connectivity index (χ4n) is 3.74. The van der Waals surface area contributed by atoms with Gasteiger partial charge in [0.1, 0.15) is 5.69 Å². The molecular weight excluding hydrogens is 457 g/mol. The zero-order valence-electron chi connectivity index (χ0n) is 19.7. The van der Waals surface area contributed by atoms with Crippen LogP contribution in [0.1, 0.15) is 28.7 Å². The van der Waals surface area contributed by atoms with Gasteiger partial charge in [-0.2, -0.15) is 4.80 Å². The van der Waals surface area contributed by atoms with Crippen LogP contribution in [0.15, 0.2) is 30.3 Å². The Balaban J connectivity index is 1.43. The van der Waals surface area contributed by atoms with E-state index in [2.05, 4.69) is 25.7 Å². The Labute approximate surface area is 201 Å². The SMILES string of the molecule is COc1cc(CNC(=O)c2cc(-c3nnn(C[C@H]4CN(C(C)=O)CCO4)n3)cc(C)n2)ccc1F. The summed E-state index contributed by atoms with van der Waals surface area (Å²) in [5.74, 6) is -0.423. The number of nitrogens with one attached hydrogen (secondary N) is 1. The molecule has 12 heteroatoms. The second-order valence-electron chi connectivity index (χ2n) is 8.16. The molecule has 4 rings (SSSR count). The molecule has 3 aromatic rings. The van der Waals surface area contributed by atoms with Gasteiger partial charge >= 0.3 is 0 Å². The molecule has 1 fully saturated rings. The van der Waals surface area contributed by atoms with Gasteiger partial charge in [-0.3, -0.25) is 9.59 Å². The number of methoxy groups -OCH3 is 1. The molecule has 2 aromatic heterocycles. The largest absolute Gasteiger partial charge is 0.494 e. The number of aryl methyl sites for hydroxylation is 1. The molecule has 1 atom stereocenters. The summed E-state index contributed by atoms with van der Waals surface area (Å²) in [5, 5.41) is 15.4. The van der Waals surface area contributed by atoms with Crippen LogP contribution < -0.4 is 10.1 Å². The zero-order chi connectivity index (χ0) is 24.9. The van der Waals surface area contributed by atoms with E-state index in [4.69, 9.17) is 9.47 Å². The lowest BCUT2D eigenvalue weighted by molar-refractivity contribution is -0.137. The van der Waals surface area contributed by atoms with E-state index in [1.807, 2.05) is 0 Å². The third kappa shape index (κ3) is 5.96. The zero-order valence-corrected chi connectivity index (χ0v) is 19.7. The Bertz CT molecular complexity index is 1230. The smallest absolute Gasteiger partial charge is 0.270 e. The first-order valence-electron chi connectivity index (χ1n) is 11.1. The van der Waals surface area contributed by atoms with Crippen molar-refractivity contribution in [1.29, 1.82) is 0 Å². The number of nitrogens with zero attached hydrogens (tertiary/aromatic N) is 6. The summed E-state index contributed by atoms with van der Waals surface area (Å²) in [6.45, 7) is 5.30. The fourth-order valence-corrected chi connectivity index (χ4v) is 3.74. The van der Waals surface area contributed by atoms with Gasteiger partial charge in [0.2, 0.25) is 11.7 Å². The molecule has 2 amide bonds. The van der Waals surface area contributed by atoms with Crippen LogP contribution in [-0.4, -0.2) is 74.8 Å². The normalized spacial score (nSPS) is 15.7. The van der Waals surface area contributed by atoms with E-state index in [1.165, 1.54) is 31.0 Å². The molecule has 1 saturated heterocycles. The predicted octanol–water partition coefficient (Wildman–Crippen LogP) is 1.37. The van der Waals surface area contributed by atoms with E-state index in [-0.39, 0.29) is 30.0 Å². The Kier molecular flexibility index (Phi) is 7.30. The van der Waals surface area contributed by atoms with Crippen molar-refractivity contribution >= 4 is 11.8 Å². The fraction of sp³-hybridized carbons (Fsp3) is 0.391. The highest BCUT2D eigenvalue weighted by Gasteiger charge is 2.23. The second-order valence-corrected chi connectivity index (χ2v) is 8.16. The topological polar surface area (TPSA) is 124 Å². The standard InChI is InChI=1S/C23H26FN7O4/c1-14-8-17(22-27-29-31(28-22)13-18-12-30(15(2)32)6-7-35-18)10-20(26-14)23(33)25-11-16-4-5-19(24)21(9-16)34-3/h4-5,8-10,18H,6-7,11-13H2,1-3H3,(H,25,33)/t18-/m1/s1. The first kappa shape index (κ1) is 24.2. The molecule has 1 N–H and O–H groups in total. The van der Waals surface area contributed by atoms with Gasteiger partial charge in [0, 0.05) is 37.8 Å². The van der Waals surface area contributed by atoms with Gasteiger partial charge in [-0.15, -0.1) is 10.2 Å². The second kappa shape index (κ2) is 10.6. The lowest BCUT2D eigenvalue weighted by Crippen LogP contribution is -2.46. The molecular formula is C23H26FN7O4. The Morgan fingerprint density at radius 3 is 2.89 bits per heavy atom. The molecule has 0 aliphatic carbocycles. The van der Waals surface area contributed by atoms with Crippen LogP contribution in [0.2, 0.25) is 0 Å². The summed E-state index contributed by atoms with van der Waals surface area (Å²) in [6.07, 6.45) is -0.236. The molecule has 0 spiro atoms. The van der Waals surface area contributed by atoms with Crippen LogP contribution in [0.25, 0.3) is 11.4 Å². The number of pyridine rings is 1. The number of benzene rings is 1. The highest BCUT2D eigenvalue weighted by Crippen LogP contribution is 2.19. The summed E-state index contributed by atoms with van der Waals surface area (Å²) in [7, 11) is 1.38. The maximum absolute atomic E-state index is 13.6. The molecule has 1 aliphatic rings. The minimum absolute atomic E-state index is 0.00201. The summed E-state index contributed by atoms with van der Waals surface area (Å²) < 4.78 is 24.3. The van der Waals surface area contributed by atoms with Gasteiger partial charge in [0.25, 0.3) is 5.91 Å². The van der Waals surface area contributed by atoms with E-state index >= 15 is 0 Å². The number of morpholine rings is 1. The van der Waals surface area contributed by atoms with Crippen LogP contribution >= 0.6 is 0 Å². The lowest BCUT2D eigenvalue weighted by atomic mass is 10.1. The molecule has 11 nitrogen and oxygen atoms in total. The molecule has 35 heavy (non-hydrogen) atoms. The average molecular weight is 484 g/mol. The number of ether oxygens (including phenoxy) is 2. The highest BCUT2D eigenvalue weighted by atomic mass is 19.1. The molecule has 0 saturated carbocycles. The van der Waals surface area contributed by atoms with Crippen molar-refractivity contribution in [1.82, 2.24) is 35.4 Å². The number of amides is 2. The minimum atomic E-state index is -0.473. The first-order valence-corrected chi connectivity index (χ1v) is 11.1. The van der Waals surface area contributed by atoms with Crippen molar-refractivity contribution in [2.45, 2.75) is 33.0 Å². The minimum Gasteiger partial charge on any atom is -0.494 e. The third-order valence-corrected chi connectivity index (χ3v) is 5.52. The molecule has 3 heterocycles. The number of halogens is 1. The quantitative estimate of drug-likeness (QED) is 0.534.